The largest absolute Gasteiger partial charge is 0.330 e. The summed E-state index contributed by atoms with van der Waals surface area (Å²) >= 11 is 0. The van der Waals surface area contributed by atoms with Gasteiger partial charge in [0.15, 0.2) is 0 Å². The van der Waals surface area contributed by atoms with Gasteiger partial charge in [-0.25, -0.2) is 0 Å². The van der Waals surface area contributed by atoms with Gasteiger partial charge in [-0.2, -0.15) is 0 Å². The van der Waals surface area contributed by atoms with Crippen LogP contribution in [0.15, 0.2) is 0 Å². The van der Waals surface area contributed by atoms with Crippen molar-refractivity contribution in [2.75, 3.05) is 39.3 Å². The van der Waals surface area contributed by atoms with Crippen molar-refractivity contribution >= 4 is 0 Å². The molecule has 0 heterocycles. The van der Waals surface area contributed by atoms with Gasteiger partial charge in [-0.05, 0) is 77.8 Å². The maximum Gasteiger partial charge on any atom is -0.00773 e. The van der Waals surface area contributed by atoms with Crippen molar-refractivity contribution in [1.29, 1.82) is 0 Å². The van der Waals surface area contributed by atoms with E-state index < -0.39 is 0 Å². The Bertz CT molecular complexity index is 220. The third-order valence-electron chi connectivity index (χ3n) is 4.97. The fourth-order valence-corrected chi connectivity index (χ4v) is 2.99. The van der Waals surface area contributed by atoms with Gasteiger partial charge < -0.3 is 34.4 Å². The average Bonchev–Trinajstić information content (AvgIpc) is 2.76. The average molecular weight is 433 g/mol. The second-order valence-electron chi connectivity index (χ2n) is 8.10. The van der Waals surface area contributed by atoms with E-state index in [0.717, 1.165) is 52.1 Å². The molecule has 0 fully saturated rings. The summed E-state index contributed by atoms with van der Waals surface area (Å²) < 4.78 is 0. The zero-order valence-electron chi connectivity index (χ0n) is 20.4. The van der Waals surface area contributed by atoms with Crippen molar-refractivity contribution in [2.24, 2.45) is 34.4 Å². The van der Waals surface area contributed by atoms with Gasteiger partial charge in [0.05, 0.1) is 0 Å². The van der Waals surface area contributed by atoms with E-state index in [1.807, 2.05) is 0 Å². The molecule has 0 spiro atoms. The fraction of sp³-hybridized carbons (Fsp3) is 1.00. The first kappa shape index (κ1) is 34.4. The predicted octanol–water partition coefficient (Wildman–Crippen LogP) is 3.73. The number of rotatable bonds is 21. The summed E-state index contributed by atoms with van der Waals surface area (Å²) in [5.41, 5.74) is 32.0. The second-order valence-corrected chi connectivity index (χ2v) is 8.10. The maximum atomic E-state index is 5.41. The van der Waals surface area contributed by atoms with Crippen molar-refractivity contribution in [3.63, 3.8) is 0 Å². The lowest BCUT2D eigenvalue weighted by Crippen LogP contribution is -2.02. The number of unbranched alkanes of at least 4 members (excludes halogenated alkanes) is 15. The molecule has 0 amide bonds. The Kier molecular flexibility index (Phi) is 45.0. The van der Waals surface area contributed by atoms with Gasteiger partial charge in [-0.3, -0.25) is 0 Å². The van der Waals surface area contributed by atoms with Gasteiger partial charge in [-0.15, -0.1) is 0 Å². The van der Waals surface area contributed by atoms with E-state index in [1.165, 1.54) is 103 Å². The first-order chi connectivity index (χ1) is 14.7. The SMILES string of the molecule is NCCCCCCCCCCCN.NCCCCCCCCN.NCCCCCN. The Morgan fingerprint density at radius 1 is 0.167 bits per heavy atom. The first-order valence-electron chi connectivity index (χ1n) is 12.9. The van der Waals surface area contributed by atoms with E-state index in [1.54, 1.807) is 0 Å². The van der Waals surface area contributed by atoms with Crippen LogP contribution in [0.5, 0.6) is 0 Å². The maximum absolute atomic E-state index is 5.41. The smallest absolute Gasteiger partial charge is 0.00773 e. The Balaban J connectivity index is -0.000000383. The van der Waals surface area contributed by atoms with Crippen LogP contribution in [0.2, 0.25) is 0 Å². The van der Waals surface area contributed by atoms with Crippen molar-refractivity contribution in [1.82, 2.24) is 0 Å². The Morgan fingerprint density at radius 2 is 0.267 bits per heavy atom. The molecule has 0 aromatic rings. The van der Waals surface area contributed by atoms with Crippen molar-refractivity contribution in [3.8, 4) is 0 Å². The highest BCUT2D eigenvalue weighted by Crippen LogP contribution is 2.08. The molecule has 0 aliphatic rings. The predicted molar refractivity (Wildman–Crippen MR) is 137 cm³/mol. The lowest BCUT2D eigenvalue weighted by molar-refractivity contribution is 0.562. The van der Waals surface area contributed by atoms with Gasteiger partial charge in [0, 0.05) is 0 Å². The zero-order valence-corrected chi connectivity index (χ0v) is 20.4. The molecule has 0 aromatic carbocycles. The molecule has 0 radical (unpaired) electrons. The van der Waals surface area contributed by atoms with E-state index in [4.69, 9.17) is 34.4 Å². The summed E-state index contributed by atoms with van der Waals surface area (Å²) in [4.78, 5) is 0. The minimum Gasteiger partial charge on any atom is -0.330 e. The highest BCUT2D eigenvalue weighted by molar-refractivity contribution is 4.48. The van der Waals surface area contributed by atoms with Crippen LogP contribution in [0.25, 0.3) is 0 Å². The van der Waals surface area contributed by atoms with E-state index >= 15 is 0 Å². The zero-order chi connectivity index (χ0) is 23.0. The Labute approximate surface area is 189 Å². The molecule has 6 heteroatoms. The van der Waals surface area contributed by atoms with Gasteiger partial charge in [0.1, 0.15) is 0 Å². The van der Waals surface area contributed by atoms with Gasteiger partial charge >= 0.3 is 0 Å². The Hall–Kier alpha value is -0.240. The van der Waals surface area contributed by atoms with Crippen LogP contribution in [-0.2, 0) is 0 Å². The van der Waals surface area contributed by atoms with Crippen LogP contribution < -0.4 is 34.4 Å². The Morgan fingerprint density at radius 3 is 0.400 bits per heavy atom. The van der Waals surface area contributed by atoms with Crippen molar-refractivity contribution in [2.45, 2.75) is 116 Å². The molecule has 12 N–H and O–H groups in total. The fourth-order valence-electron chi connectivity index (χ4n) is 2.99. The van der Waals surface area contributed by atoms with E-state index in [-0.39, 0.29) is 0 Å². The number of nitrogens with two attached hydrogens (primary N) is 6. The van der Waals surface area contributed by atoms with E-state index in [2.05, 4.69) is 0 Å². The third-order valence-corrected chi connectivity index (χ3v) is 4.97. The summed E-state index contributed by atoms with van der Waals surface area (Å²) in [5.74, 6) is 0. The molecule has 0 aliphatic carbocycles. The first-order valence-corrected chi connectivity index (χ1v) is 12.9. The molecule has 30 heavy (non-hydrogen) atoms. The molecule has 0 atom stereocenters. The quantitative estimate of drug-likeness (QED) is 0.152. The normalized spacial score (nSPS) is 10.2. The monoisotopic (exact) mass is 432 g/mol. The second kappa shape index (κ2) is 39.3. The third kappa shape index (κ3) is 46.1. The summed E-state index contributed by atoms with van der Waals surface area (Å²) in [7, 11) is 0. The molecule has 0 saturated carbocycles. The molecule has 186 valence electrons. The van der Waals surface area contributed by atoms with Gasteiger partial charge in [0.25, 0.3) is 0 Å². The minimum absolute atomic E-state index is 0.806. The molecule has 0 aliphatic heterocycles. The molecular weight excluding hydrogens is 372 g/mol. The molecule has 0 aromatic heterocycles. The minimum atomic E-state index is 0.806. The van der Waals surface area contributed by atoms with Crippen LogP contribution in [0, 0.1) is 0 Å². The number of hydrogen-bond donors (Lipinski definition) is 6. The van der Waals surface area contributed by atoms with E-state index in [0.29, 0.717) is 0 Å². The van der Waals surface area contributed by atoms with Crippen molar-refractivity contribution < 1.29 is 0 Å². The molecule has 0 bridgehead atoms. The van der Waals surface area contributed by atoms with Crippen LogP contribution in [0.3, 0.4) is 0 Å². The van der Waals surface area contributed by atoms with Crippen LogP contribution in [-0.4, -0.2) is 39.3 Å². The molecule has 0 saturated heterocycles. The standard InChI is InChI=1S/C11H26N2.C8H20N2.C5H14N2/c12-10-8-6-4-2-1-3-5-7-9-11-13;9-7-5-3-1-2-4-6-8-10;6-4-2-1-3-5-7/h1-13H2;1-10H2;1-7H2. The summed E-state index contributed by atoms with van der Waals surface area (Å²) in [6.07, 6.45) is 23.0. The molecule has 0 unspecified atom stereocenters. The lowest BCUT2D eigenvalue weighted by atomic mass is 10.1. The molecule has 6 nitrogen and oxygen atoms in total. The lowest BCUT2D eigenvalue weighted by Gasteiger charge is -2.00. The molecule has 0 rings (SSSR count). The van der Waals surface area contributed by atoms with Crippen molar-refractivity contribution in [3.05, 3.63) is 0 Å². The topological polar surface area (TPSA) is 156 Å². The van der Waals surface area contributed by atoms with Crippen LogP contribution in [0.4, 0.5) is 0 Å². The van der Waals surface area contributed by atoms with Gasteiger partial charge in [-0.1, -0.05) is 77.0 Å². The highest BCUT2D eigenvalue weighted by Gasteiger charge is 1.91. The summed E-state index contributed by atoms with van der Waals surface area (Å²) in [6, 6.07) is 0. The van der Waals surface area contributed by atoms with Crippen LogP contribution in [0.1, 0.15) is 116 Å². The number of hydrogen-bond acceptors (Lipinski definition) is 6. The van der Waals surface area contributed by atoms with Gasteiger partial charge in [0.2, 0.25) is 0 Å². The van der Waals surface area contributed by atoms with Crippen LogP contribution >= 0.6 is 0 Å². The molecular formula is C24H60N6. The van der Waals surface area contributed by atoms with E-state index in [9.17, 15) is 0 Å². The highest BCUT2D eigenvalue weighted by atomic mass is 14.5. The summed E-state index contributed by atoms with van der Waals surface area (Å²) in [5, 5.41) is 0. The summed E-state index contributed by atoms with van der Waals surface area (Å²) in [6.45, 7) is 5.01.